The minimum Gasteiger partial charge on any atom is -0.390 e. The summed E-state index contributed by atoms with van der Waals surface area (Å²) in [6, 6.07) is 18.9. The van der Waals surface area contributed by atoms with Gasteiger partial charge in [-0.15, -0.1) is 0 Å². The van der Waals surface area contributed by atoms with E-state index in [1.54, 1.807) is 6.92 Å². The van der Waals surface area contributed by atoms with E-state index in [-0.39, 0.29) is 0 Å². The fraction of sp³-hybridized carbons (Fsp3) is 0.368. The van der Waals surface area contributed by atoms with E-state index in [0.717, 1.165) is 11.1 Å². The molecule has 0 aliphatic carbocycles. The highest BCUT2D eigenvalue weighted by Gasteiger charge is 2.44. The van der Waals surface area contributed by atoms with Crippen molar-refractivity contribution in [3.05, 3.63) is 71.8 Å². The van der Waals surface area contributed by atoms with E-state index in [9.17, 15) is 9.32 Å². The molecule has 23 heavy (non-hydrogen) atoms. The maximum atomic E-state index is 12.7. The van der Waals surface area contributed by atoms with Crippen molar-refractivity contribution in [2.45, 2.75) is 44.1 Å². The molecular formula is C19H24O3S. The zero-order chi connectivity index (χ0) is 17.1. The molecule has 3 nitrogen and oxygen atoms in total. The van der Waals surface area contributed by atoms with Gasteiger partial charge in [0.15, 0.2) is 16.7 Å². The second-order valence-corrected chi connectivity index (χ2v) is 8.43. The van der Waals surface area contributed by atoms with E-state index < -0.39 is 27.5 Å². The van der Waals surface area contributed by atoms with Gasteiger partial charge in [-0.3, -0.25) is 4.18 Å². The summed E-state index contributed by atoms with van der Waals surface area (Å²) in [7, 11) is 0. The molecule has 0 amide bonds. The summed E-state index contributed by atoms with van der Waals surface area (Å²) in [5.41, 5.74) is 0.373. The summed E-state index contributed by atoms with van der Waals surface area (Å²) in [5.74, 6) is 0. The van der Waals surface area contributed by atoms with Crippen molar-refractivity contribution in [2.24, 2.45) is 0 Å². The van der Waals surface area contributed by atoms with Crippen LogP contribution in [-0.2, 0) is 20.9 Å². The number of rotatable bonds is 5. The Bertz CT molecular complexity index is 606. The third kappa shape index (κ3) is 3.71. The third-order valence-corrected chi connectivity index (χ3v) is 5.12. The summed E-state index contributed by atoms with van der Waals surface area (Å²) in [4.78, 5) is 0. The lowest BCUT2D eigenvalue weighted by molar-refractivity contribution is -0.0112. The Hall–Kier alpha value is -1.49. The summed E-state index contributed by atoms with van der Waals surface area (Å²) in [5, 5.41) is 10.6. The summed E-state index contributed by atoms with van der Waals surface area (Å²) in [6.07, 6.45) is -0.876. The van der Waals surface area contributed by atoms with Gasteiger partial charge in [0, 0.05) is 0 Å². The van der Waals surface area contributed by atoms with Gasteiger partial charge >= 0.3 is 0 Å². The normalized spacial score (nSPS) is 15.2. The van der Waals surface area contributed by atoms with E-state index in [4.69, 9.17) is 4.18 Å². The smallest absolute Gasteiger partial charge is 0.162 e. The van der Waals surface area contributed by atoms with Gasteiger partial charge in [-0.2, -0.15) is 0 Å². The summed E-state index contributed by atoms with van der Waals surface area (Å²) < 4.78 is 18.2. The lowest BCUT2D eigenvalue weighted by atomic mass is 9.82. The molecule has 2 atom stereocenters. The monoisotopic (exact) mass is 332 g/mol. The van der Waals surface area contributed by atoms with Gasteiger partial charge in [-0.1, -0.05) is 60.7 Å². The van der Waals surface area contributed by atoms with Gasteiger partial charge in [0.05, 0.1) is 10.9 Å². The van der Waals surface area contributed by atoms with Crippen LogP contribution in [0.1, 0.15) is 38.8 Å². The van der Waals surface area contributed by atoms with Crippen LogP contribution in [0.2, 0.25) is 0 Å². The molecule has 2 aromatic rings. The number of benzene rings is 2. The third-order valence-electron chi connectivity index (χ3n) is 3.70. The van der Waals surface area contributed by atoms with Crippen molar-refractivity contribution in [1.82, 2.24) is 0 Å². The highest BCUT2D eigenvalue weighted by atomic mass is 32.2. The first-order valence-electron chi connectivity index (χ1n) is 7.69. The van der Waals surface area contributed by atoms with E-state index in [1.807, 2.05) is 81.4 Å². The van der Waals surface area contributed by atoms with Crippen molar-refractivity contribution < 1.29 is 13.5 Å². The van der Waals surface area contributed by atoms with E-state index >= 15 is 0 Å². The van der Waals surface area contributed by atoms with Crippen LogP contribution in [0, 0.1) is 0 Å². The Kier molecular flexibility index (Phi) is 5.40. The van der Waals surface area contributed by atoms with E-state index in [1.165, 1.54) is 0 Å². The maximum absolute atomic E-state index is 12.7. The van der Waals surface area contributed by atoms with Crippen LogP contribution in [0.25, 0.3) is 0 Å². The molecule has 0 saturated heterocycles. The number of aliphatic hydroxyl groups excluding tert-OH is 1. The van der Waals surface area contributed by atoms with Crippen LogP contribution in [0.5, 0.6) is 0 Å². The van der Waals surface area contributed by atoms with Crippen molar-refractivity contribution in [1.29, 1.82) is 0 Å². The molecule has 0 aliphatic rings. The van der Waals surface area contributed by atoms with Crippen LogP contribution >= 0.6 is 0 Å². The Morgan fingerprint density at radius 2 is 1.30 bits per heavy atom. The largest absolute Gasteiger partial charge is 0.390 e. The first-order valence-corrected chi connectivity index (χ1v) is 8.76. The van der Waals surface area contributed by atoms with Gasteiger partial charge in [-0.05, 0) is 38.8 Å². The molecule has 2 rings (SSSR count). The van der Waals surface area contributed by atoms with Gasteiger partial charge in [0.1, 0.15) is 0 Å². The lowest BCUT2D eigenvalue weighted by Gasteiger charge is -2.38. The van der Waals surface area contributed by atoms with Gasteiger partial charge < -0.3 is 5.11 Å². The van der Waals surface area contributed by atoms with Crippen molar-refractivity contribution in [3.63, 3.8) is 0 Å². The average molecular weight is 332 g/mol. The number of aliphatic hydroxyl groups is 1. The van der Waals surface area contributed by atoms with Crippen molar-refractivity contribution in [2.75, 3.05) is 0 Å². The molecule has 1 N–H and O–H groups in total. The highest BCUT2D eigenvalue weighted by molar-refractivity contribution is 7.81. The number of hydrogen-bond donors (Lipinski definition) is 1. The maximum Gasteiger partial charge on any atom is 0.162 e. The van der Waals surface area contributed by atoms with Crippen LogP contribution in [0.15, 0.2) is 60.7 Å². The second-order valence-electron chi connectivity index (χ2n) is 6.57. The Morgan fingerprint density at radius 1 is 0.913 bits per heavy atom. The molecule has 0 bridgehead atoms. The van der Waals surface area contributed by atoms with Crippen LogP contribution < -0.4 is 0 Å². The minimum atomic E-state index is -1.59. The van der Waals surface area contributed by atoms with Crippen LogP contribution in [0.4, 0.5) is 0 Å². The molecule has 2 aromatic carbocycles. The van der Waals surface area contributed by atoms with E-state index in [2.05, 4.69) is 0 Å². The average Bonchev–Trinajstić information content (AvgIpc) is 2.52. The predicted molar refractivity (Wildman–Crippen MR) is 94.3 cm³/mol. The molecular weight excluding hydrogens is 308 g/mol. The standard InChI is InChI=1S/C19H24O3S/c1-15(20)19(16-11-7-5-8-12-16,17-13-9-6-10-14-17)22-23(21)18(2,3)4/h5-15,20H,1-4H3/t15-,23?/m0/s1. The molecule has 0 aliphatic heterocycles. The Morgan fingerprint density at radius 3 is 1.61 bits per heavy atom. The molecule has 0 radical (unpaired) electrons. The molecule has 124 valence electrons. The molecule has 4 heteroatoms. The van der Waals surface area contributed by atoms with Crippen LogP contribution in [0.3, 0.4) is 0 Å². The topological polar surface area (TPSA) is 46.5 Å². The number of hydrogen-bond acceptors (Lipinski definition) is 3. The van der Waals surface area contributed by atoms with E-state index in [0.29, 0.717) is 0 Å². The zero-order valence-electron chi connectivity index (χ0n) is 14.0. The lowest BCUT2D eigenvalue weighted by Crippen LogP contribution is -2.44. The van der Waals surface area contributed by atoms with Crippen molar-refractivity contribution in [3.8, 4) is 0 Å². The highest BCUT2D eigenvalue weighted by Crippen LogP contribution is 2.39. The molecule has 0 spiro atoms. The summed E-state index contributed by atoms with van der Waals surface area (Å²) >= 11 is -1.59. The fourth-order valence-electron chi connectivity index (χ4n) is 2.43. The zero-order valence-corrected chi connectivity index (χ0v) is 14.8. The first kappa shape index (κ1) is 17.9. The molecule has 0 fully saturated rings. The summed E-state index contributed by atoms with van der Waals surface area (Å²) in [6.45, 7) is 7.23. The predicted octanol–water partition coefficient (Wildman–Crippen LogP) is 3.79. The van der Waals surface area contributed by atoms with Crippen LogP contribution in [-0.4, -0.2) is 20.2 Å². The molecule has 0 heterocycles. The van der Waals surface area contributed by atoms with Gasteiger partial charge in [-0.25, -0.2) is 4.21 Å². The minimum absolute atomic E-state index is 0.552. The van der Waals surface area contributed by atoms with Gasteiger partial charge in [0.2, 0.25) is 0 Å². The molecule has 0 aromatic heterocycles. The quantitative estimate of drug-likeness (QED) is 0.906. The molecule has 0 saturated carbocycles. The van der Waals surface area contributed by atoms with Crippen molar-refractivity contribution >= 4 is 11.1 Å². The first-order chi connectivity index (χ1) is 10.8. The Labute approximate surface area is 141 Å². The SMILES string of the molecule is C[C@H](O)C(OS(=O)C(C)(C)C)(c1ccccc1)c1ccccc1. The van der Waals surface area contributed by atoms with Gasteiger partial charge in [0.25, 0.3) is 0 Å². The second kappa shape index (κ2) is 6.95. The fourth-order valence-corrected chi connectivity index (χ4v) is 3.25. The Balaban J connectivity index is 2.64. The molecule has 1 unspecified atom stereocenters.